The van der Waals surface area contributed by atoms with Gasteiger partial charge in [-0.05, 0) is 46.0 Å². The van der Waals surface area contributed by atoms with E-state index in [2.05, 4.69) is 0 Å². The number of carboxylic acids is 1. The Morgan fingerprint density at radius 2 is 2.06 bits per heavy atom. The number of hydrogen-bond acceptors (Lipinski definition) is 4. The second kappa shape index (κ2) is 5.38. The van der Waals surface area contributed by atoms with Gasteiger partial charge in [0.05, 0.1) is 0 Å². The molecule has 1 fully saturated rings. The molecule has 0 aliphatic carbocycles. The first-order valence-electron chi connectivity index (χ1n) is 5.95. The summed E-state index contributed by atoms with van der Waals surface area (Å²) in [6.45, 7) is 6.52. The van der Waals surface area contributed by atoms with Crippen molar-refractivity contribution in [3.8, 4) is 0 Å². The first kappa shape index (κ1) is 13.8. The van der Waals surface area contributed by atoms with Gasteiger partial charge in [-0.15, -0.1) is 0 Å². The third-order valence-corrected chi connectivity index (χ3v) is 2.63. The lowest BCUT2D eigenvalue weighted by molar-refractivity contribution is -0.307. The van der Waals surface area contributed by atoms with Crippen LogP contribution >= 0.6 is 0 Å². The fraction of sp³-hybridized carbons (Fsp3) is 0.833. The van der Waals surface area contributed by atoms with Gasteiger partial charge in [0.25, 0.3) is 0 Å². The largest absolute Gasteiger partial charge is 0.550 e. The van der Waals surface area contributed by atoms with Crippen LogP contribution in [0.3, 0.4) is 0 Å². The molecule has 1 saturated heterocycles. The van der Waals surface area contributed by atoms with E-state index >= 15 is 0 Å². The topological polar surface area (TPSA) is 69.7 Å². The quantitative estimate of drug-likeness (QED) is 0.717. The summed E-state index contributed by atoms with van der Waals surface area (Å²) in [6.07, 6.45) is 1.30. The molecule has 1 heterocycles. The van der Waals surface area contributed by atoms with Crippen molar-refractivity contribution in [2.24, 2.45) is 5.92 Å². The summed E-state index contributed by atoms with van der Waals surface area (Å²) >= 11 is 0. The number of aliphatic carboxylic acids is 1. The van der Waals surface area contributed by atoms with Crippen molar-refractivity contribution >= 4 is 12.1 Å². The van der Waals surface area contributed by atoms with Gasteiger partial charge in [0, 0.05) is 19.1 Å². The molecule has 0 radical (unpaired) electrons. The van der Waals surface area contributed by atoms with Crippen LogP contribution in [0.1, 0.15) is 40.0 Å². The lowest BCUT2D eigenvalue weighted by atomic mass is 9.95. The van der Waals surface area contributed by atoms with Crippen LogP contribution in [0.2, 0.25) is 0 Å². The molecule has 0 N–H and O–H groups in total. The van der Waals surface area contributed by atoms with E-state index < -0.39 is 11.6 Å². The Bertz CT molecular complexity index is 295. The summed E-state index contributed by atoms with van der Waals surface area (Å²) in [5.41, 5.74) is -0.515. The molecule has 1 aliphatic rings. The third kappa shape index (κ3) is 5.06. The highest BCUT2D eigenvalue weighted by molar-refractivity contribution is 5.68. The number of carboxylic acid groups (broad SMARTS) is 1. The standard InChI is InChI=1S/C12H21NO4/c1-12(2,3)17-11(16)13-6-4-5-9(8-13)7-10(14)15/h9H,4-8H2,1-3H3,(H,14,15)/p-1/t9-/m1/s1. The Balaban J connectivity index is 2.49. The van der Waals surface area contributed by atoms with Crippen LogP contribution in [0.5, 0.6) is 0 Å². The summed E-state index contributed by atoms with van der Waals surface area (Å²) in [6, 6.07) is 0. The van der Waals surface area contributed by atoms with E-state index in [1.54, 1.807) is 4.90 Å². The molecule has 1 aliphatic heterocycles. The Hall–Kier alpha value is -1.26. The first-order chi connectivity index (χ1) is 7.78. The number of hydrogen-bond donors (Lipinski definition) is 0. The second-order valence-electron chi connectivity index (χ2n) is 5.51. The van der Waals surface area contributed by atoms with Gasteiger partial charge < -0.3 is 19.5 Å². The fourth-order valence-corrected chi connectivity index (χ4v) is 1.96. The summed E-state index contributed by atoms with van der Waals surface area (Å²) in [5, 5.41) is 10.5. The summed E-state index contributed by atoms with van der Waals surface area (Å²) in [7, 11) is 0. The molecule has 0 aromatic carbocycles. The number of carbonyl (C=O) groups is 2. The highest BCUT2D eigenvalue weighted by atomic mass is 16.6. The van der Waals surface area contributed by atoms with Crippen molar-refractivity contribution in [2.45, 2.75) is 45.6 Å². The molecule has 0 saturated carbocycles. The van der Waals surface area contributed by atoms with E-state index in [0.29, 0.717) is 13.1 Å². The molecule has 98 valence electrons. The number of amides is 1. The molecule has 1 atom stereocenters. The normalized spacial score (nSPS) is 21.1. The zero-order valence-electron chi connectivity index (χ0n) is 10.7. The van der Waals surface area contributed by atoms with Crippen LogP contribution in [-0.2, 0) is 9.53 Å². The van der Waals surface area contributed by atoms with Crippen LogP contribution in [0, 0.1) is 5.92 Å². The van der Waals surface area contributed by atoms with Crippen molar-refractivity contribution in [1.82, 2.24) is 4.90 Å². The molecule has 0 unspecified atom stereocenters. The first-order valence-corrected chi connectivity index (χ1v) is 5.95. The number of ether oxygens (including phenoxy) is 1. The predicted molar refractivity (Wildman–Crippen MR) is 60.2 cm³/mol. The monoisotopic (exact) mass is 242 g/mol. The molecule has 0 aromatic rings. The lowest BCUT2D eigenvalue weighted by Crippen LogP contribution is -2.44. The van der Waals surface area contributed by atoms with Gasteiger partial charge in [0.15, 0.2) is 0 Å². The number of nitrogens with zero attached hydrogens (tertiary/aromatic N) is 1. The van der Waals surface area contributed by atoms with Gasteiger partial charge in [-0.2, -0.15) is 0 Å². The van der Waals surface area contributed by atoms with Gasteiger partial charge in [-0.1, -0.05) is 0 Å². The Morgan fingerprint density at radius 1 is 1.41 bits per heavy atom. The molecular weight excluding hydrogens is 222 g/mol. The molecule has 5 nitrogen and oxygen atoms in total. The highest BCUT2D eigenvalue weighted by Gasteiger charge is 2.27. The van der Waals surface area contributed by atoms with E-state index in [1.807, 2.05) is 20.8 Å². The van der Waals surface area contributed by atoms with Crippen LogP contribution < -0.4 is 5.11 Å². The zero-order chi connectivity index (χ0) is 13.1. The Morgan fingerprint density at radius 3 is 2.59 bits per heavy atom. The summed E-state index contributed by atoms with van der Waals surface area (Å²) in [4.78, 5) is 23.9. The molecule has 0 bridgehead atoms. The van der Waals surface area contributed by atoms with Gasteiger partial charge in [0.2, 0.25) is 0 Å². The van der Waals surface area contributed by atoms with E-state index in [-0.39, 0.29) is 18.4 Å². The van der Waals surface area contributed by atoms with Crippen molar-refractivity contribution in [3.63, 3.8) is 0 Å². The summed E-state index contributed by atoms with van der Waals surface area (Å²) in [5.74, 6) is -1.07. The van der Waals surface area contributed by atoms with E-state index in [0.717, 1.165) is 12.8 Å². The Labute approximate surface area is 102 Å². The number of rotatable bonds is 2. The Kier molecular flexibility index (Phi) is 4.37. The van der Waals surface area contributed by atoms with Crippen LogP contribution in [-0.4, -0.2) is 35.7 Å². The maximum atomic E-state index is 11.8. The molecule has 1 amide bonds. The average Bonchev–Trinajstić information content (AvgIpc) is 2.14. The van der Waals surface area contributed by atoms with Crippen molar-refractivity contribution < 1.29 is 19.4 Å². The van der Waals surface area contributed by atoms with Crippen molar-refractivity contribution in [1.29, 1.82) is 0 Å². The number of carbonyl (C=O) groups excluding carboxylic acids is 2. The third-order valence-electron chi connectivity index (χ3n) is 2.63. The van der Waals surface area contributed by atoms with Crippen LogP contribution in [0.15, 0.2) is 0 Å². The maximum absolute atomic E-state index is 11.8. The van der Waals surface area contributed by atoms with Gasteiger partial charge in [0.1, 0.15) is 5.60 Å². The van der Waals surface area contributed by atoms with Crippen molar-refractivity contribution in [3.05, 3.63) is 0 Å². The smallest absolute Gasteiger partial charge is 0.410 e. The maximum Gasteiger partial charge on any atom is 0.410 e. The summed E-state index contributed by atoms with van der Waals surface area (Å²) < 4.78 is 5.25. The molecule has 1 rings (SSSR count). The second-order valence-corrected chi connectivity index (χ2v) is 5.51. The predicted octanol–water partition coefficient (Wildman–Crippen LogP) is 0.773. The molecule has 5 heteroatoms. The van der Waals surface area contributed by atoms with Gasteiger partial charge in [-0.3, -0.25) is 0 Å². The van der Waals surface area contributed by atoms with Gasteiger partial charge in [-0.25, -0.2) is 4.79 Å². The van der Waals surface area contributed by atoms with Crippen molar-refractivity contribution in [2.75, 3.05) is 13.1 Å². The van der Waals surface area contributed by atoms with E-state index in [1.165, 1.54) is 0 Å². The van der Waals surface area contributed by atoms with Crippen LogP contribution in [0.4, 0.5) is 4.79 Å². The minimum absolute atomic E-state index is 0.0127. The number of piperidine rings is 1. The minimum Gasteiger partial charge on any atom is -0.550 e. The zero-order valence-corrected chi connectivity index (χ0v) is 10.7. The average molecular weight is 242 g/mol. The molecule has 0 spiro atoms. The minimum atomic E-state index is -1.05. The lowest BCUT2D eigenvalue weighted by Gasteiger charge is -2.34. The fourth-order valence-electron chi connectivity index (χ4n) is 1.96. The number of likely N-dealkylation sites (tertiary alicyclic amines) is 1. The van der Waals surface area contributed by atoms with Gasteiger partial charge >= 0.3 is 6.09 Å². The van der Waals surface area contributed by atoms with Crippen LogP contribution in [0.25, 0.3) is 0 Å². The molecular formula is C12H20NO4-. The SMILES string of the molecule is CC(C)(C)OC(=O)N1CCC[C@H](CC(=O)[O-])C1. The van der Waals surface area contributed by atoms with E-state index in [4.69, 9.17) is 4.74 Å². The highest BCUT2D eigenvalue weighted by Crippen LogP contribution is 2.21. The van der Waals surface area contributed by atoms with E-state index in [9.17, 15) is 14.7 Å². The molecule has 0 aromatic heterocycles. The molecule has 17 heavy (non-hydrogen) atoms.